The fourth-order valence-electron chi connectivity index (χ4n) is 1.23. The average Bonchev–Trinajstić information content (AvgIpc) is 2.44. The van der Waals surface area contributed by atoms with Crippen molar-refractivity contribution in [2.45, 2.75) is 24.9 Å². The van der Waals surface area contributed by atoms with Crippen molar-refractivity contribution in [1.29, 1.82) is 0 Å². The van der Waals surface area contributed by atoms with E-state index in [4.69, 9.17) is 4.74 Å². The Labute approximate surface area is 119 Å². The van der Waals surface area contributed by atoms with Crippen molar-refractivity contribution >= 4 is 23.7 Å². The highest BCUT2D eigenvalue weighted by Gasteiger charge is 2.10. The van der Waals surface area contributed by atoms with Gasteiger partial charge in [-0.15, -0.1) is 10.2 Å². The number of carbonyl (C=O) groups is 2. The molecule has 1 rings (SSSR count). The molecule has 1 aromatic heterocycles. The fraction of sp³-hybridized carbons (Fsp3) is 0.545. The van der Waals surface area contributed by atoms with Crippen LogP contribution in [0.15, 0.2) is 9.95 Å². The molecular weight excluding hydrogens is 286 g/mol. The number of nitrogens with one attached hydrogen (secondary N) is 1. The molecule has 9 heteroatoms. The molecule has 20 heavy (non-hydrogen) atoms. The van der Waals surface area contributed by atoms with E-state index in [1.807, 2.05) is 0 Å². The third-order valence-corrected chi connectivity index (χ3v) is 3.01. The van der Waals surface area contributed by atoms with E-state index in [0.717, 1.165) is 11.8 Å². The summed E-state index contributed by atoms with van der Waals surface area (Å²) >= 11 is 1.02. The average molecular weight is 301 g/mol. The molecule has 0 aliphatic heterocycles. The van der Waals surface area contributed by atoms with Crippen LogP contribution in [0.25, 0.3) is 0 Å². The van der Waals surface area contributed by atoms with Gasteiger partial charge in [-0.05, 0) is 6.92 Å². The van der Waals surface area contributed by atoms with Crippen LogP contribution in [0.4, 0.5) is 0 Å². The summed E-state index contributed by atoms with van der Waals surface area (Å²) in [7, 11) is 1.27. The van der Waals surface area contributed by atoms with Crippen molar-refractivity contribution in [1.82, 2.24) is 15.2 Å². The zero-order valence-electron chi connectivity index (χ0n) is 11.2. The minimum absolute atomic E-state index is 0.0416. The first-order valence-electron chi connectivity index (χ1n) is 5.88. The number of nitrogens with zero attached hydrogens (tertiary/aromatic N) is 2. The Hall–Kier alpha value is -1.90. The van der Waals surface area contributed by atoms with Gasteiger partial charge in [-0.1, -0.05) is 11.8 Å². The normalized spacial score (nSPS) is 10.1. The maximum absolute atomic E-state index is 11.7. The number of thioether (sulfide) groups is 1. The Bertz CT molecular complexity index is 531. The number of carbonyl (C=O) groups excluding carboxylic acids is 2. The molecule has 8 nitrogen and oxygen atoms in total. The summed E-state index contributed by atoms with van der Waals surface area (Å²) in [4.78, 5) is 36.3. The lowest BCUT2D eigenvalue weighted by Crippen LogP contribution is -2.19. The van der Waals surface area contributed by atoms with Gasteiger partial charge in [0.15, 0.2) is 5.16 Å². The van der Waals surface area contributed by atoms with E-state index < -0.39 is 17.5 Å². The topological polar surface area (TPSA) is 111 Å². The zero-order chi connectivity index (χ0) is 15.0. The van der Waals surface area contributed by atoms with Crippen LogP contribution in [-0.4, -0.2) is 46.6 Å². The van der Waals surface area contributed by atoms with Crippen molar-refractivity contribution in [2.75, 3.05) is 19.5 Å². The van der Waals surface area contributed by atoms with Crippen LogP contribution in [0.3, 0.4) is 0 Å². The Morgan fingerprint density at radius 2 is 2.05 bits per heavy atom. The van der Waals surface area contributed by atoms with Gasteiger partial charge in [0.2, 0.25) is 0 Å². The maximum atomic E-state index is 11.7. The van der Waals surface area contributed by atoms with Gasteiger partial charge < -0.3 is 9.47 Å². The van der Waals surface area contributed by atoms with E-state index in [1.54, 1.807) is 6.92 Å². The molecule has 0 fully saturated rings. The molecule has 1 aromatic rings. The largest absolute Gasteiger partial charge is 0.469 e. The predicted molar refractivity (Wildman–Crippen MR) is 70.3 cm³/mol. The molecule has 0 amide bonds. The quantitative estimate of drug-likeness (QED) is 0.550. The van der Waals surface area contributed by atoms with Gasteiger partial charge >= 0.3 is 11.9 Å². The van der Waals surface area contributed by atoms with E-state index in [0.29, 0.717) is 6.61 Å². The van der Waals surface area contributed by atoms with E-state index >= 15 is 0 Å². The lowest BCUT2D eigenvalue weighted by atomic mass is 10.2. The molecule has 0 saturated heterocycles. The summed E-state index contributed by atoms with van der Waals surface area (Å²) < 4.78 is 9.21. The molecule has 0 aliphatic rings. The first-order chi connectivity index (χ1) is 9.56. The number of ether oxygens (including phenoxy) is 2. The molecule has 1 N–H and O–H groups in total. The number of aryl methyl sites for hydroxylation is 1. The summed E-state index contributed by atoms with van der Waals surface area (Å²) in [6.45, 7) is 2.01. The molecule has 1 heterocycles. The third-order valence-electron chi connectivity index (χ3n) is 2.17. The summed E-state index contributed by atoms with van der Waals surface area (Å²) in [5.41, 5.74) is -0.286. The Kier molecular flexibility index (Phi) is 6.71. The molecule has 0 aromatic carbocycles. The van der Waals surface area contributed by atoms with Crippen molar-refractivity contribution in [3.63, 3.8) is 0 Å². The second-order valence-electron chi connectivity index (χ2n) is 3.58. The Morgan fingerprint density at radius 1 is 1.30 bits per heavy atom. The number of aromatic amines is 1. The predicted octanol–water partition coefficient (Wildman–Crippen LogP) is -0.0743. The highest BCUT2D eigenvalue weighted by Crippen LogP contribution is 2.09. The van der Waals surface area contributed by atoms with Gasteiger partial charge in [-0.25, -0.2) is 0 Å². The van der Waals surface area contributed by atoms with Crippen LogP contribution >= 0.6 is 11.8 Å². The minimum atomic E-state index is -0.435. The van der Waals surface area contributed by atoms with Crippen molar-refractivity contribution in [3.8, 4) is 0 Å². The monoisotopic (exact) mass is 301 g/mol. The molecule has 0 radical (unpaired) electrons. The van der Waals surface area contributed by atoms with Gasteiger partial charge in [0.1, 0.15) is 5.69 Å². The van der Waals surface area contributed by atoms with Gasteiger partial charge in [0, 0.05) is 6.42 Å². The van der Waals surface area contributed by atoms with Crippen LogP contribution in [-0.2, 0) is 25.5 Å². The van der Waals surface area contributed by atoms with Crippen LogP contribution in [0, 0.1) is 0 Å². The smallest absolute Gasteiger partial charge is 0.316 e. The molecular formula is C11H15N3O5S. The highest BCUT2D eigenvalue weighted by molar-refractivity contribution is 7.99. The molecule has 0 spiro atoms. The van der Waals surface area contributed by atoms with Crippen LogP contribution in [0.2, 0.25) is 0 Å². The molecule has 0 saturated carbocycles. The summed E-state index contributed by atoms with van der Waals surface area (Å²) in [5.74, 6) is -0.776. The van der Waals surface area contributed by atoms with Crippen molar-refractivity contribution in [3.05, 3.63) is 16.0 Å². The molecule has 110 valence electrons. The first kappa shape index (κ1) is 16.2. The van der Waals surface area contributed by atoms with E-state index in [2.05, 4.69) is 19.9 Å². The molecule has 0 aliphatic carbocycles. The number of hydrogen-bond donors (Lipinski definition) is 1. The SMILES string of the molecule is CCOC(=O)CSc1nnc(CCC(=O)OC)c(=O)[nH]1. The fourth-order valence-corrected chi connectivity index (χ4v) is 1.83. The number of hydrogen-bond acceptors (Lipinski definition) is 8. The summed E-state index contributed by atoms with van der Waals surface area (Å²) in [6, 6.07) is 0. The van der Waals surface area contributed by atoms with Crippen LogP contribution in [0.1, 0.15) is 19.0 Å². The third kappa shape index (κ3) is 5.39. The van der Waals surface area contributed by atoms with Gasteiger partial charge in [0.05, 0.1) is 25.9 Å². The second-order valence-corrected chi connectivity index (χ2v) is 4.54. The summed E-state index contributed by atoms with van der Waals surface area (Å²) in [6.07, 6.45) is 0.210. The van der Waals surface area contributed by atoms with Crippen molar-refractivity contribution in [2.24, 2.45) is 0 Å². The molecule has 0 unspecified atom stereocenters. The molecule has 0 atom stereocenters. The first-order valence-corrected chi connectivity index (χ1v) is 6.86. The minimum Gasteiger partial charge on any atom is -0.469 e. The number of H-pyrrole nitrogens is 1. The Balaban J connectivity index is 2.57. The van der Waals surface area contributed by atoms with Gasteiger partial charge in [0.25, 0.3) is 5.56 Å². The summed E-state index contributed by atoms with van der Waals surface area (Å²) in [5, 5.41) is 7.73. The van der Waals surface area contributed by atoms with Crippen molar-refractivity contribution < 1.29 is 19.1 Å². The standard InChI is InChI=1S/C11H15N3O5S/c1-3-19-9(16)6-20-11-12-10(17)7(13-14-11)4-5-8(15)18-2/h3-6H2,1-2H3,(H,12,14,17). The number of aromatic nitrogens is 3. The van der Waals surface area contributed by atoms with E-state index in [1.165, 1.54) is 7.11 Å². The van der Waals surface area contributed by atoms with Crippen LogP contribution in [0.5, 0.6) is 0 Å². The zero-order valence-corrected chi connectivity index (χ0v) is 12.0. The van der Waals surface area contributed by atoms with E-state index in [9.17, 15) is 14.4 Å². The lowest BCUT2D eigenvalue weighted by molar-refractivity contribution is -0.141. The number of esters is 2. The Morgan fingerprint density at radius 3 is 2.65 bits per heavy atom. The van der Waals surface area contributed by atoms with Gasteiger partial charge in [-0.2, -0.15) is 0 Å². The van der Waals surface area contributed by atoms with Crippen LogP contribution < -0.4 is 5.56 Å². The maximum Gasteiger partial charge on any atom is 0.316 e. The highest BCUT2D eigenvalue weighted by atomic mass is 32.2. The second kappa shape index (κ2) is 8.31. The molecule has 0 bridgehead atoms. The number of methoxy groups -OCH3 is 1. The van der Waals surface area contributed by atoms with Gasteiger partial charge in [-0.3, -0.25) is 19.4 Å². The van der Waals surface area contributed by atoms with E-state index in [-0.39, 0.29) is 29.4 Å². The number of rotatable bonds is 7. The lowest BCUT2D eigenvalue weighted by Gasteiger charge is -2.02.